The van der Waals surface area contributed by atoms with E-state index in [0.717, 1.165) is 6.07 Å². The third-order valence-electron chi connectivity index (χ3n) is 2.56. The summed E-state index contributed by atoms with van der Waals surface area (Å²) in [5, 5.41) is 28.2. The predicted molar refractivity (Wildman–Crippen MR) is 65.7 cm³/mol. The van der Waals surface area contributed by atoms with E-state index in [4.69, 9.17) is 14.9 Å². The Balaban J connectivity index is 2.64. The molecule has 2 aromatic carbocycles. The Hall–Kier alpha value is -2.76. The van der Waals surface area contributed by atoms with Crippen molar-refractivity contribution in [1.82, 2.24) is 0 Å². The van der Waals surface area contributed by atoms with Crippen LogP contribution < -0.4 is 4.74 Å². The monoisotopic (exact) mass is 262 g/mol. The van der Waals surface area contributed by atoms with Gasteiger partial charge in [0.15, 0.2) is 6.61 Å². The van der Waals surface area contributed by atoms with Gasteiger partial charge in [-0.25, -0.2) is 9.59 Å². The number of ether oxygens (including phenoxy) is 1. The Labute approximate surface area is 107 Å². The first-order valence-corrected chi connectivity index (χ1v) is 5.33. The maximum atomic E-state index is 11.0. The van der Waals surface area contributed by atoms with E-state index in [1.165, 1.54) is 6.07 Å². The van der Waals surface area contributed by atoms with Gasteiger partial charge in [-0.15, -0.1) is 0 Å². The first-order valence-electron chi connectivity index (χ1n) is 5.33. The zero-order chi connectivity index (χ0) is 14.0. The van der Waals surface area contributed by atoms with Crippen LogP contribution in [0.25, 0.3) is 10.8 Å². The number of benzene rings is 2. The fourth-order valence-corrected chi connectivity index (χ4v) is 1.75. The minimum absolute atomic E-state index is 0.105. The molecule has 0 saturated heterocycles. The van der Waals surface area contributed by atoms with E-state index in [0.29, 0.717) is 10.8 Å². The quantitative estimate of drug-likeness (QED) is 0.774. The molecule has 0 aliphatic heterocycles. The zero-order valence-corrected chi connectivity index (χ0v) is 9.66. The summed E-state index contributed by atoms with van der Waals surface area (Å²) in [6.07, 6.45) is 0. The van der Waals surface area contributed by atoms with Crippen molar-refractivity contribution in [1.29, 1.82) is 0 Å². The minimum Gasteiger partial charge on any atom is -0.506 e. The molecule has 0 atom stereocenters. The number of aromatic carboxylic acids is 1. The van der Waals surface area contributed by atoms with Crippen molar-refractivity contribution in [3.05, 3.63) is 35.9 Å². The lowest BCUT2D eigenvalue weighted by Gasteiger charge is -2.11. The third-order valence-corrected chi connectivity index (χ3v) is 2.56. The average molecular weight is 262 g/mol. The Morgan fingerprint density at radius 3 is 2.32 bits per heavy atom. The molecule has 0 spiro atoms. The van der Waals surface area contributed by atoms with Crippen LogP contribution in [0, 0.1) is 0 Å². The lowest BCUT2D eigenvalue weighted by Crippen LogP contribution is -2.10. The van der Waals surface area contributed by atoms with E-state index in [-0.39, 0.29) is 17.1 Å². The molecule has 0 fully saturated rings. The number of fused-ring (bicyclic) bond motifs is 1. The predicted octanol–water partition coefficient (Wildman–Crippen LogP) is 1.71. The number of hydrogen-bond acceptors (Lipinski definition) is 4. The van der Waals surface area contributed by atoms with E-state index in [9.17, 15) is 14.7 Å². The van der Waals surface area contributed by atoms with Crippen molar-refractivity contribution in [2.24, 2.45) is 0 Å². The topological polar surface area (TPSA) is 104 Å². The standard InChI is InChI=1S/C13H10O6/c14-11(15)6-19-10-5-9(13(17)18)12(16)8-4-2-1-3-7(8)10/h1-5,16H,6H2,(H,14,15)(H,17,18). The smallest absolute Gasteiger partial charge is 0.341 e. The van der Waals surface area contributed by atoms with Crippen LogP contribution in [0.5, 0.6) is 11.5 Å². The van der Waals surface area contributed by atoms with Crippen molar-refractivity contribution in [3.8, 4) is 11.5 Å². The highest BCUT2D eigenvalue weighted by molar-refractivity contribution is 6.03. The highest BCUT2D eigenvalue weighted by Crippen LogP contribution is 2.35. The van der Waals surface area contributed by atoms with Gasteiger partial charge in [0.25, 0.3) is 0 Å². The van der Waals surface area contributed by atoms with Gasteiger partial charge in [-0.05, 0) is 6.07 Å². The molecular formula is C13H10O6. The summed E-state index contributed by atoms with van der Waals surface area (Å²) in [4.78, 5) is 21.5. The second-order valence-electron chi connectivity index (χ2n) is 3.80. The number of carbonyl (C=O) groups is 2. The van der Waals surface area contributed by atoms with Gasteiger partial charge in [-0.3, -0.25) is 0 Å². The molecule has 0 saturated carbocycles. The van der Waals surface area contributed by atoms with Crippen molar-refractivity contribution in [2.45, 2.75) is 0 Å². The van der Waals surface area contributed by atoms with Gasteiger partial charge >= 0.3 is 11.9 Å². The molecule has 0 aliphatic carbocycles. The Kier molecular flexibility index (Phi) is 3.24. The van der Waals surface area contributed by atoms with Crippen LogP contribution in [-0.2, 0) is 4.79 Å². The maximum Gasteiger partial charge on any atom is 0.341 e. The van der Waals surface area contributed by atoms with E-state index in [1.807, 2.05) is 0 Å². The van der Waals surface area contributed by atoms with Gasteiger partial charge in [0, 0.05) is 10.8 Å². The van der Waals surface area contributed by atoms with E-state index < -0.39 is 18.5 Å². The molecule has 0 bridgehead atoms. The molecule has 0 amide bonds. The number of aromatic hydroxyl groups is 1. The summed E-state index contributed by atoms with van der Waals surface area (Å²) >= 11 is 0. The summed E-state index contributed by atoms with van der Waals surface area (Å²) in [7, 11) is 0. The molecule has 0 heterocycles. The average Bonchev–Trinajstić information content (AvgIpc) is 2.37. The largest absolute Gasteiger partial charge is 0.506 e. The summed E-state index contributed by atoms with van der Waals surface area (Å²) in [6.45, 7) is -0.589. The number of aliphatic carboxylic acids is 1. The van der Waals surface area contributed by atoms with Crippen LogP contribution in [-0.4, -0.2) is 33.9 Å². The molecule has 0 unspecified atom stereocenters. The van der Waals surface area contributed by atoms with E-state index in [1.54, 1.807) is 18.2 Å². The van der Waals surface area contributed by atoms with Crippen molar-refractivity contribution < 1.29 is 29.6 Å². The van der Waals surface area contributed by atoms with Crippen LogP contribution >= 0.6 is 0 Å². The highest BCUT2D eigenvalue weighted by Gasteiger charge is 2.17. The lowest BCUT2D eigenvalue weighted by molar-refractivity contribution is -0.139. The molecule has 0 radical (unpaired) electrons. The number of rotatable bonds is 4. The molecule has 19 heavy (non-hydrogen) atoms. The van der Waals surface area contributed by atoms with Gasteiger partial charge in [0.05, 0.1) is 0 Å². The summed E-state index contributed by atoms with van der Waals surface area (Å²) in [5.74, 6) is -2.75. The van der Waals surface area contributed by atoms with Gasteiger partial charge < -0.3 is 20.1 Å². The van der Waals surface area contributed by atoms with Gasteiger partial charge in [-0.2, -0.15) is 0 Å². The molecule has 6 nitrogen and oxygen atoms in total. The normalized spacial score (nSPS) is 10.3. The van der Waals surface area contributed by atoms with Crippen LogP contribution in [0.1, 0.15) is 10.4 Å². The zero-order valence-electron chi connectivity index (χ0n) is 9.66. The van der Waals surface area contributed by atoms with Crippen molar-refractivity contribution in [2.75, 3.05) is 6.61 Å². The summed E-state index contributed by atoms with van der Waals surface area (Å²) in [6, 6.07) is 7.57. The Morgan fingerprint density at radius 2 is 1.74 bits per heavy atom. The fraction of sp³-hybridized carbons (Fsp3) is 0.0769. The van der Waals surface area contributed by atoms with Crippen molar-refractivity contribution in [3.63, 3.8) is 0 Å². The number of phenols is 1. The molecular weight excluding hydrogens is 252 g/mol. The molecule has 2 rings (SSSR count). The number of carboxylic acids is 2. The van der Waals surface area contributed by atoms with Crippen molar-refractivity contribution >= 4 is 22.7 Å². The second-order valence-corrected chi connectivity index (χ2v) is 3.80. The van der Waals surface area contributed by atoms with Crippen LogP contribution in [0.3, 0.4) is 0 Å². The van der Waals surface area contributed by atoms with E-state index >= 15 is 0 Å². The number of carboxylic acid groups (broad SMARTS) is 2. The lowest BCUT2D eigenvalue weighted by atomic mass is 10.0. The van der Waals surface area contributed by atoms with Crippen LogP contribution in [0.4, 0.5) is 0 Å². The maximum absolute atomic E-state index is 11.0. The Bertz CT molecular complexity index is 661. The minimum atomic E-state index is -1.32. The second kappa shape index (κ2) is 4.85. The van der Waals surface area contributed by atoms with Gasteiger partial charge in [0.2, 0.25) is 0 Å². The third kappa shape index (κ3) is 2.42. The van der Waals surface area contributed by atoms with Crippen LogP contribution in [0.15, 0.2) is 30.3 Å². The fourth-order valence-electron chi connectivity index (χ4n) is 1.75. The summed E-state index contributed by atoms with van der Waals surface area (Å²) < 4.78 is 5.05. The van der Waals surface area contributed by atoms with Gasteiger partial charge in [-0.1, -0.05) is 24.3 Å². The molecule has 6 heteroatoms. The Morgan fingerprint density at radius 1 is 1.11 bits per heavy atom. The van der Waals surface area contributed by atoms with Crippen LogP contribution in [0.2, 0.25) is 0 Å². The molecule has 0 aromatic heterocycles. The molecule has 98 valence electrons. The van der Waals surface area contributed by atoms with Gasteiger partial charge in [0.1, 0.15) is 17.1 Å². The molecule has 3 N–H and O–H groups in total. The first kappa shape index (κ1) is 12.7. The van der Waals surface area contributed by atoms with E-state index in [2.05, 4.69) is 0 Å². The first-order chi connectivity index (χ1) is 9.00. The SMILES string of the molecule is O=C(O)COc1cc(C(=O)O)c(O)c2ccccc12. The summed E-state index contributed by atoms with van der Waals surface area (Å²) in [5.41, 5.74) is -0.334. The number of hydrogen-bond donors (Lipinski definition) is 3. The highest BCUT2D eigenvalue weighted by atomic mass is 16.5. The molecule has 0 aliphatic rings. The molecule has 2 aromatic rings.